The Balaban J connectivity index is 1.17. The van der Waals surface area contributed by atoms with Crippen LogP contribution in [0.4, 0.5) is 0 Å². The smallest absolute Gasteiger partial charge is 0.0876 e. The second kappa shape index (κ2) is 11.5. The second-order valence-corrected chi connectivity index (χ2v) is 13.9. The molecule has 8 aromatic rings. The minimum Gasteiger partial charge on any atom is -0.279 e. The van der Waals surface area contributed by atoms with Crippen molar-refractivity contribution in [2.45, 2.75) is 30.8 Å². The third-order valence-electron chi connectivity index (χ3n) is 11.2. The maximum atomic E-state index is 4.09. The van der Waals surface area contributed by atoms with E-state index in [0.717, 1.165) is 0 Å². The van der Waals surface area contributed by atoms with E-state index in [4.69, 9.17) is 0 Å². The van der Waals surface area contributed by atoms with Crippen molar-refractivity contribution in [2.24, 2.45) is 0 Å². The molecule has 4 atom stereocenters. The summed E-state index contributed by atoms with van der Waals surface area (Å²) < 4.78 is 0. The number of hydrogen-bond acceptors (Lipinski definition) is 3. The fourth-order valence-corrected chi connectivity index (χ4v) is 8.79. The summed E-state index contributed by atoms with van der Waals surface area (Å²) in [5.74, 6) is 0. The Labute approximate surface area is 292 Å². The van der Waals surface area contributed by atoms with E-state index >= 15 is 0 Å². The summed E-state index contributed by atoms with van der Waals surface area (Å²) >= 11 is 0. The Morgan fingerprint density at radius 3 is 1.84 bits per heavy atom. The molecule has 240 valence electrons. The first-order valence-corrected chi connectivity index (χ1v) is 17.6. The molecule has 1 aliphatic heterocycles. The molecule has 1 saturated heterocycles. The van der Waals surface area contributed by atoms with Crippen LogP contribution in [0.25, 0.3) is 43.4 Å². The lowest BCUT2D eigenvalue weighted by atomic mass is 9.74. The molecule has 0 bridgehead atoms. The van der Waals surface area contributed by atoms with Gasteiger partial charge in [0, 0.05) is 5.41 Å². The molecule has 3 heteroatoms. The maximum absolute atomic E-state index is 4.09. The topological polar surface area (TPSA) is 36.1 Å². The third-order valence-corrected chi connectivity index (χ3v) is 11.2. The van der Waals surface area contributed by atoms with Gasteiger partial charge in [-0.05, 0) is 89.8 Å². The average Bonchev–Trinajstić information content (AvgIpc) is 3.45. The van der Waals surface area contributed by atoms with E-state index in [1.54, 1.807) is 0 Å². The van der Waals surface area contributed by atoms with Gasteiger partial charge in [0.15, 0.2) is 0 Å². The fourth-order valence-electron chi connectivity index (χ4n) is 8.79. The molecule has 50 heavy (non-hydrogen) atoms. The van der Waals surface area contributed by atoms with Crippen molar-refractivity contribution >= 4 is 32.3 Å². The molecular formula is C47H37N3. The van der Waals surface area contributed by atoms with Crippen molar-refractivity contribution < 1.29 is 0 Å². The fraction of sp³-hybridized carbons (Fsp3) is 0.106. The summed E-state index contributed by atoms with van der Waals surface area (Å²) in [7, 11) is 0. The van der Waals surface area contributed by atoms with Gasteiger partial charge in [-0.25, -0.2) is 0 Å². The molecule has 0 radical (unpaired) electrons. The molecule has 1 aliphatic carbocycles. The van der Waals surface area contributed by atoms with E-state index in [1.807, 2.05) is 0 Å². The van der Waals surface area contributed by atoms with E-state index in [2.05, 4.69) is 193 Å². The van der Waals surface area contributed by atoms with Gasteiger partial charge < -0.3 is 0 Å². The van der Waals surface area contributed by atoms with Crippen LogP contribution < -0.4 is 16.0 Å². The minimum atomic E-state index is -0.265. The highest BCUT2D eigenvalue weighted by atomic mass is 15.4. The molecule has 10 rings (SSSR count). The van der Waals surface area contributed by atoms with Gasteiger partial charge in [-0.15, -0.1) is 0 Å². The van der Waals surface area contributed by atoms with Crippen LogP contribution in [0.2, 0.25) is 0 Å². The molecule has 3 nitrogen and oxygen atoms in total. The Kier molecular flexibility index (Phi) is 6.75. The van der Waals surface area contributed by atoms with Crippen LogP contribution in [0.3, 0.4) is 0 Å². The first-order valence-electron chi connectivity index (χ1n) is 17.6. The molecule has 0 amide bonds. The summed E-state index contributed by atoms with van der Waals surface area (Å²) in [6.07, 6.45) is -0.344. The van der Waals surface area contributed by atoms with E-state index in [9.17, 15) is 0 Å². The first-order chi connectivity index (χ1) is 24.7. The quantitative estimate of drug-likeness (QED) is 0.132. The number of nitrogens with one attached hydrogen (secondary N) is 3. The highest BCUT2D eigenvalue weighted by molar-refractivity contribution is 6.15. The normalized spacial score (nSPS) is 21.3. The third kappa shape index (κ3) is 4.48. The number of hydrogen-bond donors (Lipinski definition) is 3. The van der Waals surface area contributed by atoms with Crippen molar-refractivity contribution in [3.05, 3.63) is 203 Å². The van der Waals surface area contributed by atoms with Crippen LogP contribution in [-0.2, 0) is 5.41 Å². The van der Waals surface area contributed by atoms with Crippen LogP contribution in [0.5, 0.6) is 0 Å². The Hall–Kier alpha value is -5.58. The molecule has 8 aromatic carbocycles. The van der Waals surface area contributed by atoms with Crippen molar-refractivity contribution in [3.8, 4) is 11.1 Å². The lowest BCUT2D eigenvalue weighted by Gasteiger charge is -2.41. The lowest BCUT2D eigenvalue weighted by Crippen LogP contribution is -2.54. The molecule has 4 unspecified atom stereocenters. The molecule has 0 saturated carbocycles. The highest BCUT2D eigenvalue weighted by Gasteiger charge is 2.41. The van der Waals surface area contributed by atoms with Gasteiger partial charge in [0.2, 0.25) is 0 Å². The SMILES string of the molecule is CC1(c2ccccc2)c2ccccc2-c2ccc(C3NC(c4ccccc4)NC(c4c5ccccc5cc5ccc6ccccc6c45)N3)cc21. The van der Waals surface area contributed by atoms with Gasteiger partial charge in [0.05, 0.1) is 18.5 Å². The zero-order valence-corrected chi connectivity index (χ0v) is 27.9. The zero-order valence-electron chi connectivity index (χ0n) is 27.9. The largest absolute Gasteiger partial charge is 0.279 e. The van der Waals surface area contributed by atoms with Crippen molar-refractivity contribution in [3.63, 3.8) is 0 Å². The van der Waals surface area contributed by atoms with E-state index in [-0.39, 0.29) is 23.9 Å². The minimum absolute atomic E-state index is 0.0811. The van der Waals surface area contributed by atoms with Gasteiger partial charge in [-0.2, -0.15) is 0 Å². The van der Waals surface area contributed by atoms with E-state index < -0.39 is 0 Å². The number of rotatable bonds is 4. The maximum Gasteiger partial charge on any atom is 0.0876 e. The number of fused-ring (bicyclic) bond motifs is 7. The standard InChI is InChI=1S/C47H37N3/c1-47(35-18-6-3-7-19-35)40-23-13-12-22-38(40)39-27-26-34(29-41(39)47)45-48-44(31-15-4-2-5-16-31)49-46(50-45)43-37-21-11-9-17-32(37)28-33-25-24-30-14-8-10-20-36(30)42(33)43/h2-29,44-46,48-50H,1H3. The molecule has 1 heterocycles. The lowest BCUT2D eigenvalue weighted by molar-refractivity contribution is 0.205. The predicted octanol–water partition coefficient (Wildman–Crippen LogP) is 10.7. The second-order valence-electron chi connectivity index (χ2n) is 13.9. The molecule has 3 N–H and O–H groups in total. The van der Waals surface area contributed by atoms with E-state index in [0.29, 0.717) is 0 Å². The van der Waals surface area contributed by atoms with Crippen LogP contribution in [-0.4, -0.2) is 0 Å². The van der Waals surface area contributed by atoms with Crippen molar-refractivity contribution in [1.82, 2.24) is 16.0 Å². The monoisotopic (exact) mass is 643 g/mol. The van der Waals surface area contributed by atoms with Gasteiger partial charge in [0.25, 0.3) is 0 Å². The molecular weight excluding hydrogens is 607 g/mol. The van der Waals surface area contributed by atoms with E-state index in [1.165, 1.54) is 76.8 Å². The molecule has 1 fully saturated rings. The Morgan fingerprint density at radius 2 is 1.02 bits per heavy atom. The van der Waals surface area contributed by atoms with Gasteiger partial charge in [-0.1, -0.05) is 164 Å². The molecule has 0 spiro atoms. The predicted molar refractivity (Wildman–Crippen MR) is 207 cm³/mol. The summed E-state index contributed by atoms with van der Waals surface area (Å²) in [4.78, 5) is 0. The summed E-state index contributed by atoms with van der Waals surface area (Å²) in [6, 6.07) is 62.3. The first kappa shape index (κ1) is 29.3. The van der Waals surface area contributed by atoms with Crippen LogP contribution in [0, 0.1) is 0 Å². The molecule has 0 aromatic heterocycles. The van der Waals surface area contributed by atoms with Gasteiger partial charge in [-0.3, -0.25) is 16.0 Å². The average molecular weight is 644 g/mol. The van der Waals surface area contributed by atoms with Gasteiger partial charge in [0.1, 0.15) is 0 Å². The summed E-state index contributed by atoms with van der Waals surface area (Å²) in [5, 5.41) is 19.7. The van der Waals surface area contributed by atoms with Crippen molar-refractivity contribution in [2.75, 3.05) is 0 Å². The summed E-state index contributed by atoms with van der Waals surface area (Å²) in [5.41, 5.74) is 10.1. The zero-order chi connectivity index (χ0) is 33.2. The summed E-state index contributed by atoms with van der Waals surface area (Å²) in [6.45, 7) is 2.39. The highest BCUT2D eigenvalue weighted by Crippen LogP contribution is 2.53. The number of benzene rings is 8. The van der Waals surface area contributed by atoms with Crippen LogP contribution >= 0.6 is 0 Å². The van der Waals surface area contributed by atoms with Gasteiger partial charge >= 0.3 is 0 Å². The van der Waals surface area contributed by atoms with Crippen LogP contribution in [0.1, 0.15) is 58.8 Å². The Bertz CT molecular complexity index is 2560. The molecule has 2 aliphatic rings. The Morgan fingerprint density at radius 1 is 0.420 bits per heavy atom. The van der Waals surface area contributed by atoms with Crippen molar-refractivity contribution in [1.29, 1.82) is 0 Å². The van der Waals surface area contributed by atoms with Crippen LogP contribution in [0.15, 0.2) is 170 Å².